The third-order valence-electron chi connectivity index (χ3n) is 6.42. The summed E-state index contributed by atoms with van der Waals surface area (Å²) < 4.78 is 31.9. The molecule has 2 aromatic carbocycles. The summed E-state index contributed by atoms with van der Waals surface area (Å²) in [5.41, 5.74) is 3.35. The number of methoxy groups -OCH3 is 1. The van der Waals surface area contributed by atoms with Crippen LogP contribution in [-0.4, -0.2) is 57.6 Å². The summed E-state index contributed by atoms with van der Waals surface area (Å²) in [4.78, 5) is 28.1. The zero-order valence-corrected chi connectivity index (χ0v) is 23.7. The van der Waals surface area contributed by atoms with Crippen LogP contribution < -0.4 is 14.4 Å². The molecule has 0 aliphatic heterocycles. The molecule has 0 spiro atoms. The number of amides is 2. The summed E-state index contributed by atoms with van der Waals surface area (Å²) in [6.07, 6.45) is 2.87. The van der Waals surface area contributed by atoms with E-state index in [0.29, 0.717) is 30.8 Å². The molecule has 9 heteroatoms. The second-order valence-electron chi connectivity index (χ2n) is 9.25. The first-order valence-electron chi connectivity index (χ1n) is 12.8. The van der Waals surface area contributed by atoms with Gasteiger partial charge in [0, 0.05) is 26.1 Å². The van der Waals surface area contributed by atoms with Crippen molar-refractivity contribution >= 4 is 27.5 Å². The van der Waals surface area contributed by atoms with Gasteiger partial charge in [-0.3, -0.25) is 13.9 Å². The Labute approximate surface area is 222 Å². The molecule has 204 valence electrons. The maximum atomic E-state index is 13.5. The van der Waals surface area contributed by atoms with Crippen molar-refractivity contribution in [1.29, 1.82) is 0 Å². The van der Waals surface area contributed by atoms with E-state index in [4.69, 9.17) is 4.74 Å². The fourth-order valence-corrected chi connectivity index (χ4v) is 5.26. The van der Waals surface area contributed by atoms with Gasteiger partial charge in [0.15, 0.2) is 0 Å². The molecule has 0 bridgehead atoms. The Morgan fingerprint density at radius 1 is 1.08 bits per heavy atom. The van der Waals surface area contributed by atoms with E-state index >= 15 is 0 Å². The topological polar surface area (TPSA) is 96.0 Å². The first-order chi connectivity index (χ1) is 17.5. The summed E-state index contributed by atoms with van der Waals surface area (Å²) in [5.74, 6) is 0.287. The Balaban J connectivity index is 2.26. The lowest BCUT2D eigenvalue weighted by Gasteiger charge is -2.31. The zero-order valence-electron chi connectivity index (χ0n) is 22.9. The summed E-state index contributed by atoms with van der Waals surface area (Å²) in [6.45, 7) is 8.65. The number of carbonyl (C=O) groups excluding carboxylic acids is 2. The van der Waals surface area contributed by atoms with Crippen molar-refractivity contribution in [3.63, 3.8) is 0 Å². The number of sulfonamides is 1. The highest BCUT2D eigenvalue weighted by Crippen LogP contribution is 2.26. The van der Waals surface area contributed by atoms with E-state index in [9.17, 15) is 18.0 Å². The smallest absolute Gasteiger partial charge is 0.242 e. The molecule has 0 aliphatic rings. The van der Waals surface area contributed by atoms with Crippen molar-refractivity contribution in [3.8, 4) is 5.75 Å². The zero-order chi connectivity index (χ0) is 27.6. The van der Waals surface area contributed by atoms with Crippen molar-refractivity contribution < 1.29 is 22.7 Å². The lowest BCUT2D eigenvalue weighted by molar-refractivity contribution is -0.141. The number of nitrogens with one attached hydrogen (secondary N) is 1. The van der Waals surface area contributed by atoms with Crippen molar-refractivity contribution in [2.75, 3.05) is 30.8 Å². The molecule has 0 aromatic heterocycles. The average Bonchev–Trinajstić information content (AvgIpc) is 2.86. The number of aryl methyl sites for hydroxylation is 1. The molecule has 0 heterocycles. The van der Waals surface area contributed by atoms with Gasteiger partial charge in [-0.05, 0) is 68.0 Å². The molecule has 0 radical (unpaired) electrons. The predicted octanol–water partition coefficient (Wildman–Crippen LogP) is 4.19. The van der Waals surface area contributed by atoms with E-state index in [-0.39, 0.29) is 31.3 Å². The lowest BCUT2D eigenvalue weighted by atomic mass is 10.1. The minimum Gasteiger partial charge on any atom is -0.497 e. The summed E-state index contributed by atoms with van der Waals surface area (Å²) in [7, 11) is -1.96. The van der Waals surface area contributed by atoms with Crippen LogP contribution in [0, 0.1) is 13.8 Å². The first-order valence-corrected chi connectivity index (χ1v) is 14.6. The minimum absolute atomic E-state index is 0.110. The Bertz CT molecular complexity index is 1170. The third-order valence-corrected chi connectivity index (χ3v) is 7.60. The monoisotopic (exact) mass is 531 g/mol. The van der Waals surface area contributed by atoms with E-state index < -0.39 is 16.1 Å². The van der Waals surface area contributed by atoms with Crippen LogP contribution in [0.5, 0.6) is 5.75 Å². The molecule has 1 N–H and O–H groups in total. The van der Waals surface area contributed by atoms with Gasteiger partial charge in [-0.25, -0.2) is 8.42 Å². The average molecular weight is 532 g/mol. The van der Waals surface area contributed by atoms with Crippen LogP contribution in [0.15, 0.2) is 42.5 Å². The minimum atomic E-state index is -3.55. The molecule has 0 aliphatic carbocycles. The highest BCUT2D eigenvalue weighted by Gasteiger charge is 2.29. The second kappa shape index (κ2) is 14.0. The molecule has 37 heavy (non-hydrogen) atoms. The van der Waals surface area contributed by atoms with Crippen LogP contribution in [0.3, 0.4) is 0 Å². The van der Waals surface area contributed by atoms with Crippen LogP contribution in [-0.2, 0) is 26.2 Å². The summed E-state index contributed by atoms with van der Waals surface area (Å²) in [6, 6.07) is 12.3. The summed E-state index contributed by atoms with van der Waals surface area (Å²) in [5, 5.41) is 2.91. The highest BCUT2D eigenvalue weighted by atomic mass is 32.2. The lowest BCUT2D eigenvalue weighted by Crippen LogP contribution is -2.49. The number of anilines is 1. The Kier molecular flexibility index (Phi) is 11.4. The van der Waals surface area contributed by atoms with Crippen LogP contribution in [0.2, 0.25) is 0 Å². The molecule has 1 unspecified atom stereocenters. The Hall–Kier alpha value is -3.07. The largest absolute Gasteiger partial charge is 0.497 e. The Morgan fingerprint density at radius 3 is 2.41 bits per heavy atom. The Morgan fingerprint density at radius 2 is 1.78 bits per heavy atom. The van der Waals surface area contributed by atoms with E-state index in [1.54, 1.807) is 18.1 Å². The van der Waals surface area contributed by atoms with Crippen molar-refractivity contribution in [3.05, 3.63) is 59.2 Å². The number of rotatable bonds is 14. The number of hydrogen-bond donors (Lipinski definition) is 1. The molecular weight excluding hydrogens is 490 g/mol. The van der Waals surface area contributed by atoms with Crippen LogP contribution in [0.1, 0.15) is 56.2 Å². The number of nitrogens with zero attached hydrogens (tertiary/aromatic N) is 2. The molecule has 0 saturated heterocycles. The summed E-state index contributed by atoms with van der Waals surface area (Å²) >= 11 is 0. The van der Waals surface area contributed by atoms with Gasteiger partial charge in [0.05, 0.1) is 19.1 Å². The quantitative estimate of drug-likeness (QED) is 0.394. The third kappa shape index (κ3) is 8.49. The highest BCUT2D eigenvalue weighted by molar-refractivity contribution is 7.92. The van der Waals surface area contributed by atoms with Crippen molar-refractivity contribution in [2.45, 2.75) is 66.0 Å². The molecular formula is C28H41N3O5S. The normalized spacial score (nSPS) is 12.1. The molecule has 2 rings (SSSR count). The van der Waals surface area contributed by atoms with Gasteiger partial charge < -0.3 is 15.0 Å². The molecule has 0 saturated carbocycles. The van der Waals surface area contributed by atoms with Gasteiger partial charge >= 0.3 is 0 Å². The number of carbonyl (C=O) groups is 2. The van der Waals surface area contributed by atoms with Crippen LogP contribution >= 0.6 is 0 Å². The second-order valence-corrected chi connectivity index (χ2v) is 11.2. The maximum absolute atomic E-state index is 13.5. The van der Waals surface area contributed by atoms with Crippen LogP contribution in [0.4, 0.5) is 5.69 Å². The van der Waals surface area contributed by atoms with Gasteiger partial charge in [-0.1, -0.05) is 38.1 Å². The first kappa shape index (κ1) is 30.2. The van der Waals surface area contributed by atoms with E-state index in [2.05, 4.69) is 5.32 Å². The fraction of sp³-hybridized carbons (Fsp3) is 0.500. The van der Waals surface area contributed by atoms with Gasteiger partial charge in [0.2, 0.25) is 21.8 Å². The standard InChI is InChI=1S/C28H41N3O5S/c1-7-17-29-28(33)25(8-2)30(20-23-13-10-14-24(19-23)36-5)27(32)16-11-18-31(37(6,34)35)26-15-9-12-21(3)22(26)4/h9-10,12-15,19,25H,7-8,11,16-18,20H2,1-6H3,(H,29,33). The van der Waals surface area contributed by atoms with E-state index in [1.165, 1.54) is 10.6 Å². The molecule has 8 nitrogen and oxygen atoms in total. The number of benzene rings is 2. The van der Waals surface area contributed by atoms with Gasteiger partial charge in [-0.15, -0.1) is 0 Å². The SMILES string of the molecule is CCCNC(=O)C(CC)N(Cc1cccc(OC)c1)C(=O)CCCN(c1cccc(C)c1C)S(C)(=O)=O. The van der Waals surface area contributed by atoms with E-state index in [1.807, 2.05) is 64.1 Å². The van der Waals surface area contributed by atoms with E-state index in [0.717, 1.165) is 23.1 Å². The fourth-order valence-electron chi connectivity index (χ4n) is 4.24. The van der Waals surface area contributed by atoms with Gasteiger partial charge in [0.1, 0.15) is 11.8 Å². The van der Waals surface area contributed by atoms with Gasteiger partial charge in [0.25, 0.3) is 0 Å². The predicted molar refractivity (Wildman–Crippen MR) is 148 cm³/mol. The molecule has 1 atom stereocenters. The molecule has 0 fully saturated rings. The number of hydrogen-bond acceptors (Lipinski definition) is 5. The van der Waals surface area contributed by atoms with Crippen molar-refractivity contribution in [1.82, 2.24) is 10.2 Å². The van der Waals surface area contributed by atoms with Crippen molar-refractivity contribution in [2.24, 2.45) is 0 Å². The van der Waals surface area contributed by atoms with Crippen LogP contribution in [0.25, 0.3) is 0 Å². The maximum Gasteiger partial charge on any atom is 0.242 e. The molecule has 2 amide bonds. The van der Waals surface area contributed by atoms with Gasteiger partial charge in [-0.2, -0.15) is 0 Å². The molecule has 2 aromatic rings. The number of ether oxygens (including phenoxy) is 1.